The van der Waals surface area contributed by atoms with Crippen molar-refractivity contribution in [3.05, 3.63) is 22.4 Å². The standard InChI is InChI=1S/C9H13BrN2O2/c1-11-5-6(13)8-7(14-2)3-4-12-9(8)10/h3-4,6,11,13H,5H2,1-2H3. The maximum absolute atomic E-state index is 9.80. The Morgan fingerprint density at radius 3 is 3.00 bits per heavy atom. The van der Waals surface area contributed by atoms with Gasteiger partial charge >= 0.3 is 0 Å². The number of halogens is 1. The molecule has 0 aliphatic carbocycles. The molecule has 0 fully saturated rings. The molecular weight excluding hydrogens is 248 g/mol. The second-order valence-corrected chi connectivity index (χ2v) is 3.54. The van der Waals surface area contributed by atoms with Crippen LogP contribution in [0.2, 0.25) is 0 Å². The van der Waals surface area contributed by atoms with E-state index in [4.69, 9.17) is 4.74 Å². The molecule has 1 unspecified atom stereocenters. The molecule has 4 nitrogen and oxygen atoms in total. The van der Waals surface area contributed by atoms with Crippen molar-refractivity contribution in [3.63, 3.8) is 0 Å². The van der Waals surface area contributed by atoms with Gasteiger partial charge in [0, 0.05) is 12.7 Å². The minimum atomic E-state index is -0.627. The summed E-state index contributed by atoms with van der Waals surface area (Å²) in [5.74, 6) is 0.634. The van der Waals surface area contributed by atoms with Crippen molar-refractivity contribution in [2.24, 2.45) is 0 Å². The van der Waals surface area contributed by atoms with Crippen LogP contribution < -0.4 is 10.1 Å². The van der Waals surface area contributed by atoms with Gasteiger partial charge in [0.05, 0.1) is 18.8 Å². The third-order valence-corrected chi connectivity index (χ3v) is 2.48. The molecule has 0 amide bonds. The fraction of sp³-hybridized carbons (Fsp3) is 0.444. The van der Waals surface area contributed by atoms with Gasteiger partial charge in [0.2, 0.25) is 0 Å². The Morgan fingerprint density at radius 2 is 2.43 bits per heavy atom. The maximum Gasteiger partial charge on any atom is 0.128 e. The van der Waals surface area contributed by atoms with Crippen LogP contribution in [0.3, 0.4) is 0 Å². The number of hydrogen-bond acceptors (Lipinski definition) is 4. The highest BCUT2D eigenvalue weighted by atomic mass is 79.9. The van der Waals surface area contributed by atoms with Gasteiger partial charge in [0.15, 0.2) is 0 Å². The summed E-state index contributed by atoms with van der Waals surface area (Å²) < 4.78 is 5.75. The number of aliphatic hydroxyl groups excluding tert-OH is 1. The number of nitrogens with zero attached hydrogens (tertiary/aromatic N) is 1. The molecule has 1 atom stereocenters. The molecule has 1 heterocycles. The average Bonchev–Trinajstić information content (AvgIpc) is 2.17. The summed E-state index contributed by atoms with van der Waals surface area (Å²) in [7, 11) is 3.34. The van der Waals surface area contributed by atoms with E-state index in [1.165, 1.54) is 0 Å². The van der Waals surface area contributed by atoms with E-state index in [9.17, 15) is 5.11 Å². The third kappa shape index (κ3) is 2.43. The van der Waals surface area contributed by atoms with Crippen LogP contribution in [0, 0.1) is 0 Å². The van der Waals surface area contributed by atoms with Crippen LogP contribution in [0.1, 0.15) is 11.7 Å². The summed E-state index contributed by atoms with van der Waals surface area (Å²) in [4.78, 5) is 4.04. The summed E-state index contributed by atoms with van der Waals surface area (Å²) in [6.45, 7) is 0.459. The van der Waals surface area contributed by atoms with E-state index in [2.05, 4.69) is 26.2 Å². The number of likely N-dealkylation sites (N-methyl/N-ethyl adjacent to an activating group) is 1. The van der Waals surface area contributed by atoms with Crippen molar-refractivity contribution in [2.45, 2.75) is 6.10 Å². The molecule has 1 aromatic heterocycles. The topological polar surface area (TPSA) is 54.4 Å². The van der Waals surface area contributed by atoms with Gasteiger partial charge in [-0.1, -0.05) is 0 Å². The van der Waals surface area contributed by atoms with Crippen molar-refractivity contribution < 1.29 is 9.84 Å². The van der Waals surface area contributed by atoms with Crippen LogP contribution in [0.5, 0.6) is 5.75 Å². The zero-order chi connectivity index (χ0) is 10.6. The van der Waals surface area contributed by atoms with Crippen molar-refractivity contribution in [1.82, 2.24) is 10.3 Å². The lowest BCUT2D eigenvalue weighted by molar-refractivity contribution is 0.172. The number of hydrogen-bond donors (Lipinski definition) is 2. The van der Waals surface area contributed by atoms with Crippen LogP contribution in [0.15, 0.2) is 16.9 Å². The van der Waals surface area contributed by atoms with E-state index >= 15 is 0 Å². The van der Waals surface area contributed by atoms with Gasteiger partial charge in [-0.25, -0.2) is 4.98 Å². The van der Waals surface area contributed by atoms with E-state index in [0.717, 1.165) is 0 Å². The summed E-state index contributed by atoms with van der Waals surface area (Å²) in [5, 5.41) is 12.7. The van der Waals surface area contributed by atoms with Crippen molar-refractivity contribution in [1.29, 1.82) is 0 Å². The zero-order valence-corrected chi connectivity index (χ0v) is 9.71. The Balaban J connectivity index is 3.03. The molecule has 0 saturated heterocycles. The zero-order valence-electron chi connectivity index (χ0n) is 8.12. The second-order valence-electron chi connectivity index (χ2n) is 2.79. The van der Waals surface area contributed by atoms with Gasteiger partial charge < -0.3 is 15.2 Å². The molecule has 78 valence electrons. The number of rotatable bonds is 4. The Hall–Kier alpha value is -0.650. The van der Waals surface area contributed by atoms with Gasteiger partial charge in [-0.05, 0) is 29.0 Å². The summed E-state index contributed by atoms with van der Waals surface area (Å²) in [6.07, 6.45) is 0.997. The minimum Gasteiger partial charge on any atom is -0.496 e. The van der Waals surface area contributed by atoms with Gasteiger partial charge in [-0.3, -0.25) is 0 Å². The lowest BCUT2D eigenvalue weighted by Crippen LogP contribution is -2.18. The predicted octanol–water partition coefficient (Wildman–Crippen LogP) is 1.11. The van der Waals surface area contributed by atoms with Crippen LogP contribution in [0.25, 0.3) is 0 Å². The second kappa shape index (κ2) is 5.29. The molecule has 0 aromatic carbocycles. The summed E-state index contributed by atoms with van der Waals surface area (Å²) >= 11 is 3.28. The first-order chi connectivity index (χ1) is 6.70. The largest absolute Gasteiger partial charge is 0.496 e. The van der Waals surface area contributed by atoms with Crippen molar-refractivity contribution in [2.75, 3.05) is 20.7 Å². The quantitative estimate of drug-likeness (QED) is 0.797. The fourth-order valence-electron chi connectivity index (χ4n) is 1.21. The average molecular weight is 261 g/mol. The van der Waals surface area contributed by atoms with E-state index in [-0.39, 0.29) is 0 Å². The van der Waals surface area contributed by atoms with E-state index in [1.54, 1.807) is 26.4 Å². The lowest BCUT2D eigenvalue weighted by Gasteiger charge is -2.15. The minimum absolute atomic E-state index is 0.459. The van der Waals surface area contributed by atoms with Gasteiger partial charge in [-0.2, -0.15) is 0 Å². The molecule has 0 saturated carbocycles. The molecule has 0 aliphatic heterocycles. The first kappa shape index (κ1) is 11.4. The number of aromatic nitrogens is 1. The molecule has 1 rings (SSSR count). The number of methoxy groups -OCH3 is 1. The van der Waals surface area contributed by atoms with E-state index < -0.39 is 6.10 Å². The van der Waals surface area contributed by atoms with Gasteiger partial charge in [-0.15, -0.1) is 0 Å². The van der Waals surface area contributed by atoms with Gasteiger partial charge in [0.25, 0.3) is 0 Å². The smallest absolute Gasteiger partial charge is 0.128 e. The number of aliphatic hydroxyl groups is 1. The monoisotopic (exact) mass is 260 g/mol. The van der Waals surface area contributed by atoms with Crippen LogP contribution in [-0.4, -0.2) is 30.8 Å². The highest BCUT2D eigenvalue weighted by Crippen LogP contribution is 2.30. The third-order valence-electron chi connectivity index (χ3n) is 1.85. The first-order valence-electron chi connectivity index (χ1n) is 4.21. The fourth-order valence-corrected chi connectivity index (χ4v) is 1.78. The van der Waals surface area contributed by atoms with Crippen LogP contribution in [-0.2, 0) is 0 Å². The predicted molar refractivity (Wildman–Crippen MR) is 57.4 cm³/mol. The Kier molecular flexibility index (Phi) is 4.31. The highest BCUT2D eigenvalue weighted by molar-refractivity contribution is 9.10. The number of ether oxygens (including phenoxy) is 1. The number of pyridine rings is 1. The molecule has 1 aromatic rings. The van der Waals surface area contributed by atoms with Gasteiger partial charge in [0.1, 0.15) is 10.4 Å². The normalized spacial score (nSPS) is 12.6. The van der Waals surface area contributed by atoms with Crippen LogP contribution in [0.4, 0.5) is 0 Å². The van der Waals surface area contributed by atoms with Crippen LogP contribution >= 0.6 is 15.9 Å². The molecular formula is C9H13BrN2O2. The highest BCUT2D eigenvalue weighted by Gasteiger charge is 2.16. The maximum atomic E-state index is 9.80. The first-order valence-corrected chi connectivity index (χ1v) is 5.01. The summed E-state index contributed by atoms with van der Waals surface area (Å²) in [5.41, 5.74) is 0.671. The molecule has 0 radical (unpaired) electrons. The molecule has 2 N–H and O–H groups in total. The van der Waals surface area contributed by atoms with E-state index in [1.807, 2.05) is 0 Å². The van der Waals surface area contributed by atoms with Crippen molar-refractivity contribution >= 4 is 15.9 Å². The number of nitrogens with one attached hydrogen (secondary N) is 1. The molecule has 0 bridgehead atoms. The molecule has 14 heavy (non-hydrogen) atoms. The van der Waals surface area contributed by atoms with Crippen molar-refractivity contribution in [3.8, 4) is 5.75 Å². The van der Waals surface area contributed by atoms with E-state index in [0.29, 0.717) is 22.5 Å². The SMILES string of the molecule is CNCC(O)c1c(OC)ccnc1Br. The summed E-state index contributed by atoms with van der Waals surface area (Å²) in [6, 6.07) is 1.72. The Labute approximate surface area is 91.4 Å². The molecule has 0 spiro atoms. The molecule has 0 aliphatic rings. The Bertz CT molecular complexity index is 307. The Morgan fingerprint density at radius 1 is 1.71 bits per heavy atom. The lowest BCUT2D eigenvalue weighted by atomic mass is 10.1. The molecule has 5 heteroatoms.